The minimum Gasteiger partial charge on any atom is -0.184 e. The van der Waals surface area contributed by atoms with Crippen molar-refractivity contribution in [2.75, 3.05) is 0 Å². The van der Waals surface area contributed by atoms with E-state index in [-0.39, 0.29) is 0 Å². The summed E-state index contributed by atoms with van der Waals surface area (Å²) in [4.78, 5) is 0. The second-order valence-corrected chi connectivity index (χ2v) is 3.15. The number of benzene rings is 2. The molecule has 0 saturated heterocycles. The van der Waals surface area contributed by atoms with Crippen molar-refractivity contribution in [3.63, 3.8) is 0 Å². The topological polar surface area (TPSA) is 0 Å². The standard InChI is InChI=1S/2C7H7.Rf/c2*1-7-5-3-2-4-6-7;/h2*3-6H,1H3;/q2*-1;. The summed E-state index contributed by atoms with van der Waals surface area (Å²) < 4.78 is 0. The van der Waals surface area contributed by atoms with E-state index < -0.39 is 0 Å². The largest absolute Gasteiger partial charge is 0.184 e. The Balaban J connectivity index is 0.000000245. The molecule has 0 bridgehead atoms. The van der Waals surface area contributed by atoms with Crippen molar-refractivity contribution in [1.82, 2.24) is 0 Å². The molecule has 0 aromatic heterocycles. The molecule has 0 amide bonds. The van der Waals surface area contributed by atoms with Crippen LogP contribution >= 0.6 is 0 Å². The fourth-order valence-corrected chi connectivity index (χ4v) is 0.940. The third kappa shape index (κ3) is 5.64. The van der Waals surface area contributed by atoms with Gasteiger partial charge in [-0.05, 0) is 0 Å². The third-order valence-electron chi connectivity index (χ3n) is 1.77. The van der Waals surface area contributed by atoms with Crippen LogP contribution in [0.2, 0.25) is 0 Å². The molecule has 0 unspecified atom stereocenters. The van der Waals surface area contributed by atoms with Crippen molar-refractivity contribution in [2.24, 2.45) is 0 Å². The van der Waals surface area contributed by atoms with Crippen LogP contribution in [0.25, 0.3) is 0 Å². The van der Waals surface area contributed by atoms with Gasteiger partial charge >= 0.3 is 0 Å². The van der Waals surface area contributed by atoms with E-state index >= 15 is 0 Å². The van der Waals surface area contributed by atoms with Crippen LogP contribution < -0.4 is 0 Å². The van der Waals surface area contributed by atoms with E-state index in [1.807, 2.05) is 48.5 Å². The first-order chi connectivity index (χ1) is 6.79. The van der Waals surface area contributed by atoms with Gasteiger partial charge in [0.2, 0.25) is 0 Å². The van der Waals surface area contributed by atoms with Gasteiger partial charge in [0, 0.05) is 0 Å². The molecule has 0 saturated carbocycles. The smallest absolute Gasteiger partial charge is 0 e. The summed E-state index contributed by atoms with van der Waals surface area (Å²) in [5.41, 5.74) is 2.58. The summed E-state index contributed by atoms with van der Waals surface area (Å²) in [6.07, 6.45) is 0. The summed E-state index contributed by atoms with van der Waals surface area (Å²) in [6.45, 7) is 4.13. The van der Waals surface area contributed by atoms with Crippen LogP contribution in [-0.4, -0.2) is 0 Å². The Morgan fingerprint density at radius 2 is 0.933 bits per heavy atom. The van der Waals surface area contributed by atoms with Crippen molar-refractivity contribution in [3.8, 4) is 0 Å². The molecule has 0 nitrogen and oxygen atoms in total. The SMILES string of the molecule is Cc1cc[c-]cc1.Cc1cc[c-]cc1.[Rf]. The van der Waals surface area contributed by atoms with Gasteiger partial charge in [0.1, 0.15) is 0 Å². The first-order valence-corrected chi connectivity index (χ1v) is 4.64. The molecular weight excluding hydrogens is 435 g/mol. The summed E-state index contributed by atoms with van der Waals surface area (Å²) in [5.74, 6) is 0. The van der Waals surface area contributed by atoms with Gasteiger partial charge in [-0.2, -0.15) is 71.8 Å². The average Bonchev–Trinajstić information content (AvgIpc) is 2.21. The maximum absolute atomic E-state index is 2.93. The molecule has 0 aliphatic heterocycles. The second-order valence-electron chi connectivity index (χ2n) is 3.15. The quantitative estimate of drug-likeness (QED) is 0.540. The molecule has 0 aliphatic carbocycles. The second kappa shape index (κ2) is 6.90. The zero-order valence-corrected chi connectivity index (χ0v) is 15.7. The number of hydrogen-bond donors (Lipinski definition) is 0. The van der Waals surface area contributed by atoms with Gasteiger partial charge in [-0.3, -0.25) is 0 Å². The van der Waals surface area contributed by atoms with E-state index in [9.17, 15) is 0 Å². The van der Waals surface area contributed by atoms with Crippen molar-refractivity contribution < 1.29 is 0 Å². The first kappa shape index (κ1) is 12.4. The molecule has 0 radical (unpaired) electrons. The minimum atomic E-state index is 0. The minimum absolute atomic E-state index is 0. The van der Waals surface area contributed by atoms with Gasteiger partial charge in [-0.15, -0.1) is 0 Å². The van der Waals surface area contributed by atoms with Gasteiger partial charge in [0.25, 0.3) is 0 Å². The van der Waals surface area contributed by atoms with Crippen molar-refractivity contribution >= 4 is 0 Å². The van der Waals surface area contributed by atoms with Crippen LogP contribution in [0.5, 0.6) is 0 Å². The number of aryl methyl sites for hydroxylation is 2. The van der Waals surface area contributed by atoms with E-state index in [4.69, 9.17) is 0 Å². The van der Waals surface area contributed by atoms with Crippen LogP contribution in [0.3, 0.4) is 0 Å². The van der Waals surface area contributed by atoms with Crippen LogP contribution in [-0.2, 0) is 0 Å². The Kier molecular flexibility index (Phi) is 5.72. The van der Waals surface area contributed by atoms with Gasteiger partial charge < -0.3 is 0 Å². The number of rotatable bonds is 0. The molecular formula is C14H14Rf-2. The zero-order chi connectivity index (χ0) is 10.2. The Hall–Kier alpha value is -2.56. The van der Waals surface area contributed by atoms with Gasteiger partial charge in [0.15, 0.2) is 0 Å². The molecule has 1 heteroatoms. The molecule has 74 valence electrons. The molecule has 0 atom stereocenters. The molecule has 15 heavy (non-hydrogen) atoms. The third-order valence-corrected chi connectivity index (χ3v) is 1.77. The summed E-state index contributed by atoms with van der Waals surface area (Å²) >= 11 is 0. The molecule has 0 aliphatic rings. The molecule has 2 aromatic carbocycles. The van der Waals surface area contributed by atoms with E-state index in [2.05, 4.69) is 26.0 Å². The van der Waals surface area contributed by atoms with Crippen LogP contribution in [0, 0.1) is 26.0 Å². The van der Waals surface area contributed by atoms with Gasteiger partial charge in [-0.25, -0.2) is 0 Å². The fourth-order valence-electron chi connectivity index (χ4n) is 0.940. The summed E-state index contributed by atoms with van der Waals surface area (Å²) in [5, 5.41) is 0. The molecule has 2 rings (SSSR count). The number of hydrogen-bond acceptors (Lipinski definition) is 0. The molecule has 0 heterocycles. The summed E-state index contributed by atoms with van der Waals surface area (Å²) in [7, 11) is 0. The molecule has 0 N–H and O–H groups in total. The predicted molar refractivity (Wildman–Crippen MR) is 60.0 cm³/mol. The molecule has 0 spiro atoms. The zero-order valence-electron chi connectivity index (χ0n) is 9.33. The van der Waals surface area contributed by atoms with Gasteiger partial charge in [0.05, 0.1) is 0 Å². The Morgan fingerprint density at radius 1 is 0.667 bits per heavy atom. The first-order valence-electron chi connectivity index (χ1n) is 4.64. The Labute approximate surface area is 86.2 Å². The van der Waals surface area contributed by atoms with Crippen molar-refractivity contribution in [2.45, 2.75) is 13.8 Å². The van der Waals surface area contributed by atoms with Crippen LogP contribution in [0.15, 0.2) is 48.5 Å². The molecule has 0 fully saturated rings. The van der Waals surface area contributed by atoms with Crippen LogP contribution in [0.1, 0.15) is 11.1 Å². The van der Waals surface area contributed by atoms with E-state index in [1.165, 1.54) is 11.1 Å². The maximum atomic E-state index is 2.93. The predicted octanol–water partition coefficient (Wildman–Crippen LogP) is 3.59. The normalized spacial score (nSPS) is 8.13. The monoisotopic (exact) mass is 449 g/mol. The Morgan fingerprint density at radius 3 is 1.07 bits per heavy atom. The fraction of sp³-hybridized carbons (Fsp3) is 0.143. The van der Waals surface area contributed by atoms with Crippen molar-refractivity contribution in [3.05, 3.63) is 71.8 Å². The van der Waals surface area contributed by atoms with E-state index in [1.54, 1.807) is 0 Å². The summed E-state index contributed by atoms with van der Waals surface area (Å²) in [6, 6.07) is 21.6. The van der Waals surface area contributed by atoms with Gasteiger partial charge in [-0.1, -0.05) is 13.8 Å². The Bertz CT molecular complexity index is 303. The van der Waals surface area contributed by atoms with E-state index in [0.717, 1.165) is 0 Å². The molecule has 2 aromatic rings. The van der Waals surface area contributed by atoms with Crippen molar-refractivity contribution in [1.29, 1.82) is 0 Å². The average molecular weight is 449 g/mol. The van der Waals surface area contributed by atoms with Crippen LogP contribution in [0.4, 0.5) is 0 Å². The maximum Gasteiger partial charge on any atom is 0 e. The van der Waals surface area contributed by atoms with E-state index in [0.29, 0.717) is 0 Å².